The molecule has 0 saturated carbocycles. The number of nitrogens with zero attached hydrogens (tertiary/aromatic N) is 2. The fraction of sp³-hybridized carbons (Fsp3) is 0.439. The first kappa shape index (κ1) is 40.8. The fourth-order valence-electron chi connectivity index (χ4n) is 11.5. The van der Waals surface area contributed by atoms with Crippen LogP contribution in [0, 0.1) is 6.92 Å². The Labute approximate surface area is 371 Å². The molecular weight excluding hydrogens is 756 g/mol. The standard InChI is InChI=1S/C57H67BN2S/c1-34-28-46-50-47(29-34)60(38-22-18-36(19-23-38)53(5,6)7)51-49(39-30-40-43(33-48(39)61-51)57(14,15)27-24-54(40,8)9)58(50)44-31-41-42(56(12,13)26-25-55(41,10)11)32-45(44)59(46)37-20-16-35(17-21-37)52(2,3)4/h16-23,28-33H,24-27H2,1-15H3. The van der Waals surface area contributed by atoms with Gasteiger partial charge in [-0.15, -0.1) is 11.3 Å². The van der Waals surface area contributed by atoms with Gasteiger partial charge in [-0.3, -0.25) is 0 Å². The van der Waals surface area contributed by atoms with Crippen LogP contribution in [-0.4, -0.2) is 6.71 Å². The zero-order chi connectivity index (χ0) is 43.6. The average molecular weight is 823 g/mol. The van der Waals surface area contributed by atoms with E-state index in [2.05, 4.69) is 199 Å². The molecule has 0 radical (unpaired) electrons. The molecule has 0 spiro atoms. The summed E-state index contributed by atoms with van der Waals surface area (Å²) in [7, 11) is 0. The smallest absolute Gasteiger partial charge is 0.254 e. The van der Waals surface area contributed by atoms with E-state index in [0.29, 0.717) is 0 Å². The Morgan fingerprint density at radius 3 is 1.41 bits per heavy atom. The maximum Gasteiger partial charge on any atom is 0.254 e. The topological polar surface area (TPSA) is 6.48 Å². The van der Waals surface area contributed by atoms with Crippen molar-refractivity contribution in [2.24, 2.45) is 0 Å². The van der Waals surface area contributed by atoms with Gasteiger partial charge >= 0.3 is 0 Å². The Balaban J connectivity index is 1.34. The number of fused-ring (bicyclic) bond motifs is 8. The molecule has 4 heteroatoms. The Kier molecular flexibility index (Phi) is 8.63. The van der Waals surface area contributed by atoms with Crippen molar-refractivity contribution in [1.29, 1.82) is 0 Å². The first-order valence-corrected chi connectivity index (χ1v) is 24.0. The van der Waals surface area contributed by atoms with Gasteiger partial charge < -0.3 is 9.80 Å². The van der Waals surface area contributed by atoms with E-state index in [0.717, 1.165) is 0 Å². The monoisotopic (exact) mass is 823 g/mol. The lowest BCUT2D eigenvalue weighted by Gasteiger charge is -2.47. The highest BCUT2D eigenvalue weighted by Gasteiger charge is 2.48. The molecule has 314 valence electrons. The van der Waals surface area contributed by atoms with Gasteiger partial charge in [0.05, 0.1) is 5.00 Å². The second-order valence-corrected chi connectivity index (χ2v) is 25.2. The van der Waals surface area contributed by atoms with Gasteiger partial charge in [-0.1, -0.05) is 127 Å². The van der Waals surface area contributed by atoms with Gasteiger partial charge in [-0.25, -0.2) is 0 Å². The zero-order valence-corrected chi connectivity index (χ0v) is 40.6. The lowest BCUT2D eigenvalue weighted by Crippen LogP contribution is -2.61. The number of hydrogen-bond acceptors (Lipinski definition) is 3. The van der Waals surface area contributed by atoms with Crippen LogP contribution in [0.4, 0.5) is 33.4 Å². The third-order valence-corrected chi connectivity index (χ3v) is 16.9. The number of aryl methyl sites for hydroxylation is 1. The van der Waals surface area contributed by atoms with Gasteiger partial charge in [0.2, 0.25) is 0 Å². The van der Waals surface area contributed by atoms with Crippen LogP contribution in [0.25, 0.3) is 10.1 Å². The SMILES string of the molecule is Cc1cc2c3c(c1)N(c1ccc(C(C)(C)C)cc1)c1sc4cc5c(cc4c1B3c1cc3c(cc1N2c1ccc(C(C)(C)C)cc1)C(C)(C)CCC3(C)C)C(C)(C)CCC5(C)C. The Morgan fingerprint density at radius 1 is 0.492 bits per heavy atom. The molecule has 0 bridgehead atoms. The predicted molar refractivity (Wildman–Crippen MR) is 269 cm³/mol. The number of anilines is 6. The largest absolute Gasteiger partial charge is 0.311 e. The summed E-state index contributed by atoms with van der Waals surface area (Å²) in [6.45, 7) is 36.2. The summed E-state index contributed by atoms with van der Waals surface area (Å²) >= 11 is 2.02. The number of benzene rings is 5. The molecule has 10 rings (SSSR count). The molecule has 0 N–H and O–H groups in total. The van der Waals surface area contributed by atoms with E-state index in [4.69, 9.17) is 0 Å². The molecule has 0 saturated heterocycles. The maximum absolute atomic E-state index is 2.70. The Bertz CT molecular complexity index is 2780. The number of hydrogen-bond donors (Lipinski definition) is 0. The van der Waals surface area contributed by atoms with Crippen molar-refractivity contribution in [3.8, 4) is 0 Å². The molecule has 1 aromatic heterocycles. The second kappa shape index (κ2) is 12.9. The Morgan fingerprint density at radius 2 is 0.918 bits per heavy atom. The van der Waals surface area contributed by atoms with Gasteiger partial charge in [0.15, 0.2) is 0 Å². The normalized spacial score (nSPS) is 19.2. The Hall–Kier alpha value is -4.28. The summed E-state index contributed by atoms with van der Waals surface area (Å²) in [5.74, 6) is 0. The summed E-state index contributed by atoms with van der Waals surface area (Å²) in [5.41, 5.74) is 21.5. The van der Waals surface area contributed by atoms with Crippen LogP contribution in [0.15, 0.2) is 84.9 Å². The van der Waals surface area contributed by atoms with Crippen LogP contribution in [0.2, 0.25) is 0 Å². The van der Waals surface area contributed by atoms with Crippen molar-refractivity contribution < 1.29 is 0 Å². The van der Waals surface area contributed by atoms with Gasteiger partial charge in [0.1, 0.15) is 0 Å². The third kappa shape index (κ3) is 6.15. The van der Waals surface area contributed by atoms with E-state index < -0.39 is 0 Å². The summed E-state index contributed by atoms with van der Waals surface area (Å²) in [6, 6.07) is 34.7. The third-order valence-electron chi connectivity index (χ3n) is 15.8. The van der Waals surface area contributed by atoms with E-state index in [-0.39, 0.29) is 39.2 Å². The maximum atomic E-state index is 2.70. The first-order valence-electron chi connectivity index (χ1n) is 23.1. The molecule has 2 nitrogen and oxygen atoms in total. The molecule has 3 heterocycles. The van der Waals surface area contributed by atoms with Crippen molar-refractivity contribution in [3.63, 3.8) is 0 Å². The summed E-state index contributed by atoms with van der Waals surface area (Å²) in [5, 5.41) is 2.81. The van der Waals surface area contributed by atoms with Crippen molar-refractivity contribution in [2.75, 3.05) is 9.80 Å². The van der Waals surface area contributed by atoms with Crippen molar-refractivity contribution in [1.82, 2.24) is 0 Å². The molecule has 0 atom stereocenters. The summed E-state index contributed by atoms with van der Waals surface area (Å²) in [6.07, 6.45) is 4.80. The molecule has 4 aliphatic rings. The lowest BCUT2D eigenvalue weighted by atomic mass is 9.33. The molecule has 2 aliphatic carbocycles. The number of rotatable bonds is 2. The van der Waals surface area contributed by atoms with Crippen LogP contribution in [-0.2, 0) is 32.5 Å². The second-order valence-electron chi connectivity index (χ2n) is 24.1. The quantitative estimate of drug-likeness (QED) is 0.160. The molecule has 6 aromatic rings. The van der Waals surface area contributed by atoms with E-state index in [1.54, 1.807) is 0 Å². The summed E-state index contributed by atoms with van der Waals surface area (Å²) < 4.78 is 1.41. The van der Waals surface area contributed by atoms with Crippen molar-refractivity contribution >= 4 is 78.0 Å². The first-order chi connectivity index (χ1) is 28.4. The van der Waals surface area contributed by atoms with Gasteiger partial charge in [0.25, 0.3) is 6.71 Å². The highest BCUT2D eigenvalue weighted by Crippen LogP contribution is 2.54. The fourth-order valence-corrected chi connectivity index (χ4v) is 12.8. The lowest BCUT2D eigenvalue weighted by molar-refractivity contribution is 0.332. The van der Waals surface area contributed by atoms with Gasteiger partial charge in [0, 0.05) is 33.1 Å². The summed E-state index contributed by atoms with van der Waals surface area (Å²) in [4.78, 5) is 5.30. The average Bonchev–Trinajstić information content (AvgIpc) is 3.55. The minimum atomic E-state index is 0.0724. The minimum Gasteiger partial charge on any atom is -0.311 e. The highest BCUT2D eigenvalue weighted by atomic mass is 32.1. The molecule has 61 heavy (non-hydrogen) atoms. The molecule has 2 aliphatic heterocycles. The predicted octanol–water partition coefficient (Wildman–Crippen LogP) is 14.6. The van der Waals surface area contributed by atoms with Crippen molar-refractivity contribution in [2.45, 2.75) is 162 Å². The van der Waals surface area contributed by atoms with Crippen LogP contribution in [0.3, 0.4) is 0 Å². The van der Waals surface area contributed by atoms with E-state index >= 15 is 0 Å². The number of thiophene rings is 1. The zero-order valence-electron chi connectivity index (χ0n) is 39.8. The highest BCUT2D eigenvalue weighted by molar-refractivity contribution is 7.26. The molecule has 0 fully saturated rings. The van der Waals surface area contributed by atoms with Crippen LogP contribution < -0.4 is 26.2 Å². The van der Waals surface area contributed by atoms with E-state index in [1.165, 1.54) is 125 Å². The van der Waals surface area contributed by atoms with Crippen LogP contribution >= 0.6 is 11.3 Å². The van der Waals surface area contributed by atoms with Crippen LogP contribution in [0.5, 0.6) is 0 Å². The van der Waals surface area contributed by atoms with E-state index in [9.17, 15) is 0 Å². The minimum absolute atomic E-state index is 0.0724. The molecular formula is C57H67BN2S. The van der Waals surface area contributed by atoms with Gasteiger partial charge in [-0.05, 0) is 180 Å². The van der Waals surface area contributed by atoms with Crippen LogP contribution in [0.1, 0.15) is 162 Å². The molecule has 0 amide bonds. The molecule has 5 aromatic carbocycles. The van der Waals surface area contributed by atoms with Crippen molar-refractivity contribution in [3.05, 3.63) is 124 Å². The molecule has 0 unspecified atom stereocenters. The van der Waals surface area contributed by atoms with E-state index in [1.807, 2.05) is 11.3 Å². The van der Waals surface area contributed by atoms with Gasteiger partial charge in [-0.2, -0.15) is 0 Å².